The summed E-state index contributed by atoms with van der Waals surface area (Å²) in [6.45, 7) is 9.99. The van der Waals surface area contributed by atoms with Gasteiger partial charge in [-0.2, -0.15) is 5.10 Å². The van der Waals surface area contributed by atoms with E-state index in [4.69, 9.17) is 4.74 Å². The number of H-pyrrole nitrogens is 1. The third-order valence-corrected chi connectivity index (χ3v) is 3.44. The summed E-state index contributed by atoms with van der Waals surface area (Å²) in [5.41, 5.74) is 4.42. The molecule has 1 heterocycles. The molecule has 2 rings (SSSR count). The van der Waals surface area contributed by atoms with Gasteiger partial charge >= 0.3 is 0 Å². The number of benzene rings is 1. The minimum absolute atomic E-state index is 0.0743. The largest absolute Gasteiger partial charge is 0.484 e. The number of aromatic nitrogens is 2. The molecule has 4 heteroatoms. The first-order valence-electron chi connectivity index (χ1n) is 7.10. The SMILES string of the molecule is CCNCc1c(C(C)Oc2ccccc2C)n[nH]c1C. The summed E-state index contributed by atoms with van der Waals surface area (Å²) in [6.07, 6.45) is -0.0743. The Balaban J connectivity index is 2.17. The summed E-state index contributed by atoms with van der Waals surface area (Å²) < 4.78 is 6.05. The van der Waals surface area contributed by atoms with Crippen LogP contribution in [0.3, 0.4) is 0 Å². The van der Waals surface area contributed by atoms with Crippen LogP contribution in [0, 0.1) is 13.8 Å². The van der Waals surface area contributed by atoms with Gasteiger partial charge in [0.1, 0.15) is 17.5 Å². The van der Waals surface area contributed by atoms with Gasteiger partial charge in [-0.25, -0.2) is 0 Å². The number of hydrogen-bond acceptors (Lipinski definition) is 3. The lowest BCUT2D eigenvalue weighted by molar-refractivity contribution is 0.219. The molecule has 0 bridgehead atoms. The molecule has 1 unspecified atom stereocenters. The van der Waals surface area contributed by atoms with Crippen molar-refractivity contribution in [1.82, 2.24) is 15.5 Å². The van der Waals surface area contributed by atoms with Gasteiger partial charge in [0.2, 0.25) is 0 Å². The van der Waals surface area contributed by atoms with E-state index in [1.54, 1.807) is 0 Å². The van der Waals surface area contributed by atoms with Crippen molar-refractivity contribution in [3.05, 3.63) is 46.8 Å². The van der Waals surface area contributed by atoms with Crippen molar-refractivity contribution in [3.8, 4) is 5.75 Å². The van der Waals surface area contributed by atoms with E-state index in [9.17, 15) is 0 Å². The average molecular weight is 273 g/mol. The fourth-order valence-corrected chi connectivity index (χ4v) is 2.22. The second-order valence-electron chi connectivity index (χ2n) is 5.02. The van der Waals surface area contributed by atoms with E-state index in [-0.39, 0.29) is 6.10 Å². The third-order valence-electron chi connectivity index (χ3n) is 3.44. The molecule has 0 spiro atoms. The monoisotopic (exact) mass is 273 g/mol. The smallest absolute Gasteiger partial charge is 0.140 e. The molecule has 20 heavy (non-hydrogen) atoms. The van der Waals surface area contributed by atoms with Gasteiger partial charge in [0.05, 0.1) is 0 Å². The Morgan fingerprint density at radius 2 is 2.05 bits per heavy atom. The highest BCUT2D eigenvalue weighted by molar-refractivity contribution is 5.33. The number of ether oxygens (including phenoxy) is 1. The van der Waals surface area contributed by atoms with E-state index >= 15 is 0 Å². The topological polar surface area (TPSA) is 49.9 Å². The Labute approximate surface area is 120 Å². The minimum atomic E-state index is -0.0743. The number of aromatic amines is 1. The molecule has 1 aromatic heterocycles. The molecule has 0 amide bonds. The second-order valence-corrected chi connectivity index (χ2v) is 5.02. The first kappa shape index (κ1) is 14.6. The number of nitrogens with zero attached hydrogens (tertiary/aromatic N) is 1. The molecular weight excluding hydrogens is 250 g/mol. The van der Waals surface area contributed by atoms with E-state index in [0.717, 1.165) is 35.8 Å². The average Bonchev–Trinajstić information content (AvgIpc) is 2.80. The van der Waals surface area contributed by atoms with Crippen LogP contribution in [-0.4, -0.2) is 16.7 Å². The molecule has 2 aromatic rings. The maximum atomic E-state index is 6.05. The molecule has 0 radical (unpaired) electrons. The maximum Gasteiger partial charge on any atom is 0.140 e. The molecule has 1 atom stereocenters. The van der Waals surface area contributed by atoms with Crippen molar-refractivity contribution in [2.45, 2.75) is 40.3 Å². The lowest BCUT2D eigenvalue weighted by Gasteiger charge is -2.16. The van der Waals surface area contributed by atoms with Crippen LogP contribution in [0.2, 0.25) is 0 Å². The molecule has 0 saturated heterocycles. The van der Waals surface area contributed by atoms with Crippen LogP contribution in [0.4, 0.5) is 0 Å². The van der Waals surface area contributed by atoms with Crippen molar-refractivity contribution in [1.29, 1.82) is 0 Å². The zero-order valence-corrected chi connectivity index (χ0v) is 12.7. The zero-order valence-electron chi connectivity index (χ0n) is 12.7. The minimum Gasteiger partial charge on any atom is -0.484 e. The maximum absolute atomic E-state index is 6.05. The predicted molar refractivity (Wildman–Crippen MR) is 80.9 cm³/mol. The molecule has 1 aromatic carbocycles. The van der Waals surface area contributed by atoms with Crippen molar-refractivity contribution < 1.29 is 4.74 Å². The van der Waals surface area contributed by atoms with Gasteiger partial charge in [0.25, 0.3) is 0 Å². The van der Waals surface area contributed by atoms with Crippen LogP contribution < -0.4 is 10.1 Å². The molecular formula is C16H23N3O. The number of aryl methyl sites for hydroxylation is 2. The van der Waals surface area contributed by atoms with Crippen LogP contribution in [-0.2, 0) is 6.54 Å². The standard InChI is InChI=1S/C16H23N3O/c1-5-17-10-14-12(3)18-19-16(14)13(4)20-15-9-7-6-8-11(15)2/h6-9,13,17H,5,10H2,1-4H3,(H,18,19). The van der Waals surface area contributed by atoms with E-state index in [0.29, 0.717) is 0 Å². The summed E-state index contributed by atoms with van der Waals surface area (Å²) in [7, 11) is 0. The lowest BCUT2D eigenvalue weighted by atomic mass is 10.1. The summed E-state index contributed by atoms with van der Waals surface area (Å²) in [5.74, 6) is 0.912. The molecule has 4 nitrogen and oxygen atoms in total. The molecule has 2 N–H and O–H groups in total. The number of hydrogen-bond donors (Lipinski definition) is 2. The Hall–Kier alpha value is -1.81. The first-order chi connectivity index (χ1) is 9.63. The van der Waals surface area contributed by atoms with Gasteiger partial charge in [0.15, 0.2) is 0 Å². The molecule has 0 saturated carbocycles. The predicted octanol–water partition coefficient (Wildman–Crippen LogP) is 3.28. The number of rotatable bonds is 6. The third kappa shape index (κ3) is 3.20. The van der Waals surface area contributed by atoms with Gasteiger partial charge < -0.3 is 10.1 Å². The molecule has 108 valence electrons. The van der Waals surface area contributed by atoms with Crippen molar-refractivity contribution in [2.75, 3.05) is 6.54 Å². The number of nitrogens with one attached hydrogen (secondary N) is 2. The molecule has 0 fully saturated rings. The van der Waals surface area contributed by atoms with Gasteiger partial charge in [-0.1, -0.05) is 25.1 Å². The molecule has 0 aliphatic heterocycles. The summed E-state index contributed by atoms with van der Waals surface area (Å²) in [4.78, 5) is 0. The van der Waals surface area contributed by atoms with Gasteiger partial charge in [-0.05, 0) is 38.9 Å². The first-order valence-corrected chi connectivity index (χ1v) is 7.10. The van der Waals surface area contributed by atoms with E-state index in [1.165, 1.54) is 5.56 Å². The lowest BCUT2D eigenvalue weighted by Crippen LogP contribution is -2.15. The highest BCUT2D eigenvalue weighted by Gasteiger charge is 2.18. The van der Waals surface area contributed by atoms with E-state index in [2.05, 4.69) is 35.4 Å². The summed E-state index contributed by atoms with van der Waals surface area (Å²) >= 11 is 0. The molecule has 0 aliphatic rings. The fraction of sp³-hybridized carbons (Fsp3) is 0.438. The Bertz CT molecular complexity index is 563. The Morgan fingerprint density at radius 1 is 1.30 bits per heavy atom. The van der Waals surface area contributed by atoms with E-state index < -0.39 is 0 Å². The normalized spacial score (nSPS) is 12.4. The van der Waals surface area contributed by atoms with Crippen LogP contribution in [0.1, 0.15) is 42.5 Å². The van der Waals surface area contributed by atoms with Crippen LogP contribution in [0.5, 0.6) is 5.75 Å². The Morgan fingerprint density at radius 3 is 2.75 bits per heavy atom. The summed E-state index contributed by atoms with van der Waals surface area (Å²) in [6, 6.07) is 8.05. The second kappa shape index (κ2) is 6.57. The van der Waals surface area contributed by atoms with Crippen molar-refractivity contribution in [2.24, 2.45) is 0 Å². The zero-order chi connectivity index (χ0) is 14.5. The Kier molecular flexibility index (Phi) is 4.79. The highest BCUT2D eigenvalue weighted by Crippen LogP contribution is 2.26. The number of para-hydroxylation sites is 1. The quantitative estimate of drug-likeness (QED) is 0.849. The van der Waals surface area contributed by atoms with E-state index in [1.807, 2.05) is 32.0 Å². The van der Waals surface area contributed by atoms with Crippen LogP contribution in [0.15, 0.2) is 24.3 Å². The van der Waals surface area contributed by atoms with Crippen LogP contribution >= 0.6 is 0 Å². The van der Waals surface area contributed by atoms with Gasteiger partial charge in [-0.3, -0.25) is 5.10 Å². The molecule has 0 aliphatic carbocycles. The van der Waals surface area contributed by atoms with Crippen LogP contribution in [0.25, 0.3) is 0 Å². The fourth-order valence-electron chi connectivity index (χ4n) is 2.22. The van der Waals surface area contributed by atoms with Crippen molar-refractivity contribution in [3.63, 3.8) is 0 Å². The van der Waals surface area contributed by atoms with Gasteiger partial charge in [0, 0.05) is 17.8 Å². The van der Waals surface area contributed by atoms with Crippen molar-refractivity contribution >= 4 is 0 Å². The summed E-state index contributed by atoms with van der Waals surface area (Å²) in [5, 5.41) is 10.8. The highest BCUT2D eigenvalue weighted by atomic mass is 16.5. The van der Waals surface area contributed by atoms with Gasteiger partial charge in [-0.15, -0.1) is 0 Å².